The molecule has 48 heavy (non-hydrogen) atoms. The average molecular weight is 626 g/mol. The summed E-state index contributed by atoms with van der Waals surface area (Å²) in [6.07, 6.45) is 26.6. The van der Waals surface area contributed by atoms with Crippen molar-refractivity contribution in [3.05, 3.63) is 179 Å². The molecule has 236 valence electrons. The van der Waals surface area contributed by atoms with Crippen molar-refractivity contribution in [2.24, 2.45) is 0 Å². The van der Waals surface area contributed by atoms with Crippen molar-refractivity contribution in [3.63, 3.8) is 0 Å². The molecule has 3 heterocycles. The minimum Gasteiger partial charge on any atom is -0.439 e. The molecule has 0 radical (unpaired) electrons. The number of aromatic nitrogens is 1. The van der Waals surface area contributed by atoms with Gasteiger partial charge in [0, 0.05) is 29.1 Å². The van der Waals surface area contributed by atoms with Crippen molar-refractivity contribution in [2.45, 2.75) is 57.0 Å². The largest absolute Gasteiger partial charge is 0.439 e. The van der Waals surface area contributed by atoms with Gasteiger partial charge in [-0.1, -0.05) is 111 Å². The summed E-state index contributed by atoms with van der Waals surface area (Å²) in [5.41, 5.74) is 13.2. The van der Waals surface area contributed by atoms with Gasteiger partial charge in [0.15, 0.2) is 0 Å². The number of benzene rings is 3. The normalized spacial score (nSPS) is 22.6. The fourth-order valence-corrected chi connectivity index (χ4v) is 7.90. The van der Waals surface area contributed by atoms with Gasteiger partial charge in [-0.3, -0.25) is 5.32 Å². The van der Waals surface area contributed by atoms with Crippen LogP contribution >= 0.6 is 0 Å². The van der Waals surface area contributed by atoms with E-state index in [2.05, 4.69) is 158 Å². The predicted molar refractivity (Wildman–Crippen MR) is 197 cm³/mol. The number of hydrogen-bond donors (Lipinski definition) is 1. The lowest BCUT2D eigenvalue weighted by atomic mass is 9.73. The van der Waals surface area contributed by atoms with E-state index >= 15 is 0 Å². The Balaban J connectivity index is 1.09. The highest BCUT2D eigenvalue weighted by atomic mass is 16.4. The molecule has 0 fully saturated rings. The molecule has 4 aromatic rings. The third-order valence-corrected chi connectivity index (χ3v) is 10.4. The summed E-state index contributed by atoms with van der Waals surface area (Å²) < 4.78 is 6.57. The van der Waals surface area contributed by atoms with Crippen molar-refractivity contribution in [3.8, 4) is 0 Å². The van der Waals surface area contributed by atoms with Crippen LogP contribution in [0.25, 0.3) is 11.1 Å². The van der Waals surface area contributed by atoms with Gasteiger partial charge in [-0.25, -0.2) is 4.98 Å². The van der Waals surface area contributed by atoms with Crippen molar-refractivity contribution in [2.75, 3.05) is 4.90 Å². The van der Waals surface area contributed by atoms with E-state index in [-0.39, 0.29) is 17.5 Å². The van der Waals surface area contributed by atoms with Gasteiger partial charge in [-0.05, 0) is 89.1 Å². The average Bonchev–Trinajstić information content (AvgIpc) is 3.30. The lowest BCUT2D eigenvalue weighted by Gasteiger charge is -2.42. The second kappa shape index (κ2) is 11.5. The van der Waals surface area contributed by atoms with E-state index in [9.17, 15) is 0 Å². The molecule has 1 aromatic heterocycles. The molecule has 3 aliphatic carbocycles. The summed E-state index contributed by atoms with van der Waals surface area (Å²) in [6.45, 7) is 4.71. The number of para-hydroxylation sites is 2. The SMILES string of the molecule is CC1(C)c2ccccc2N(c2ccccc2)c2ccc(C3=CC4=CC(C=C3)NC3C=C4/C=C\Cc4nc(C5=CC=CCCC5)oc43)cc21. The molecular formula is C44H39N3O. The van der Waals surface area contributed by atoms with Gasteiger partial charge < -0.3 is 9.32 Å². The Morgan fingerprint density at radius 3 is 2.62 bits per heavy atom. The van der Waals surface area contributed by atoms with Crippen LogP contribution in [0.2, 0.25) is 0 Å². The van der Waals surface area contributed by atoms with Gasteiger partial charge in [0.2, 0.25) is 5.89 Å². The van der Waals surface area contributed by atoms with Crippen LogP contribution in [0.1, 0.15) is 73.2 Å². The number of fused-ring (bicyclic) bond motifs is 7. The molecule has 0 saturated heterocycles. The number of oxazole rings is 1. The van der Waals surface area contributed by atoms with E-state index in [0.717, 1.165) is 43.0 Å². The van der Waals surface area contributed by atoms with Crippen LogP contribution in [0, 0.1) is 0 Å². The summed E-state index contributed by atoms with van der Waals surface area (Å²) in [4.78, 5) is 7.41. The van der Waals surface area contributed by atoms with E-state index in [1.54, 1.807) is 0 Å². The van der Waals surface area contributed by atoms with E-state index in [1.807, 2.05) is 0 Å². The number of anilines is 3. The van der Waals surface area contributed by atoms with Crippen molar-refractivity contribution in [1.82, 2.24) is 10.3 Å². The number of rotatable bonds is 3. The Labute approximate surface area is 282 Å². The Bertz CT molecular complexity index is 2150. The molecule has 5 aliphatic rings. The van der Waals surface area contributed by atoms with Crippen LogP contribution in [0.3, 0.4) is 0 Å². The van der Waals surface area contributed by atoms with Gasteiger partial charge in [0.1, 0.15) is 5.76 Å². The smallest absolute Gasteiger partial charge is 0.222 e. The summed E-state index contributed by atoms with van der Waals surface area (Å²) in [5, 5.41) is 3.86. The third kappa shape index (κ3) is 4.91. The fraction of sp³-hybridized carbons (Fsp3) is 0.205. The minimum absolute atomic E-state index is 0.0509. The van der Waals surface area contributed by atoms with Gasteiger partial charge in [0.25, 0.3) is 0 Å². The van der Waals surface area contributed by atoms with Crippen molar-refractivity contribution < 1.29 is 4.42 Å². The summed E-state index contributed by atoms with van der Waals surface area (Å²) >= 11 is 0. The highest BCUT2D eigenvalue weighted by Crippen LogP contribution is 2.52. The lowest BCUT2D eigenvalue weighted by molar-refractivity contribution is 0.436. The third-order valence-electron chi connectivity index (χ3n) is 10.4. The Morgan fingerprint density at radius 1 is 0.854 bits per heavy atom. The zero-order valence-electron chi connectivity index (χ0n) is 27.5. The van der Waals surface area contributed by atoms with Gasteiger partial charge in [-0.2, -0.15) is 0 Å². The first-order valence-electron chi connectivity index (χ1n) is 17.2. The van der Waals surface area contributed by atoms with Crippen LogP contribution in [-0.4, -0.2) is 11.0 Å². The van der Waals surface area contributed by atoms with Crippen LogP contribution in [0.15, 0.2) is 149 Å². The molecule has 3 aromatic carbocycles. The summed E-state index contributed by atoms with van der Waals surface area (Å²) in [5.74, 6) is 1.69. The molecule has 0 amide bonds. The molecule has 2 unspecified atom stereocenters. The molecule has 2 atom stereocenters. The number of hydrogen-bond acceptors (Lipinski definition) is 4. The van der Waals surface area contributed by atoms with Crippen LogP contribution < -0.4 is 10.2 Å². The second-order valence-corrected chi connectivity index (χ2v) is 13.9. The van der Waals surface area contributed by atoms with Crippen LogP contribution in [0.5, 0.6) is 0 Å². The zero-order valence-corrected chi connectivity index (χ0v) is 27.5. The molecule has 4 bridgehead atoms. The fourth-order valence-electron chi connectivity index (χ4n) is 7.90. The maximum atomic E-state index is 6.57. The van der Waals surface area contributed by atoms with Crippen LogP contribution in [-0.2, 0) is 11.8 Å². The van der Waals surface area contributed by atoms with Crippen molar-refractivity contribution >= 4 is 28.2 Å². The molecule has 4 heteroatoms. The molecule has 0 saturated carbocycles. The summed E-state index contributed by atoms with van der Waals surface area (Å²) in [7, 11) is 0. The number of allylic oxidation sites excluding steroid dienone is 11. The highest BCUT2D eigenvalue weighted by Gasteiger charge is 2.37. The van der Waals surface area contributed by atoms with E-state index in [0.29, 0.717) is 0 Å². The number of nitrogens with one attached hydrogen (secondary N) is 1. The first kappa shape index (κ1) is 29.0. The van der Waals surface area contributed by atoms with Gasteiger partial charge >= 0.3 is 0 Å². The molecule has 2 aliphatic heterocycles. The highest BCUT2D eigenvalue weighted by molar-refractivity contribution is 5.88. The van der Waals surface area contributed by atoms with Crippen LogP contribution in [0.4, 0.5) is 17.1 Å². The maximum Gasteiger partial charge on any atom is 0.222 e. The Kier molecular flexibility index (Phi) is 6.95. The monoisotopic (exact) mass is 625 g/mol. The lowest BCUT2D eigenvalue weighted by Crippen LogP contribution is -2.30. The standard InChI is InChI=1S/C44H39N3O/c1-44(2)36-18-10-11-20-40(36)47(35-16-8-5-9-17-35)41-24-22-32(27-37(41)44)31-21-23-34-26-33(25-31)30-15-12-19-38-42(39(28-30)45-34)48-43(46-38)29-13-6-3-4-7-14-29/h3,5-6,8-13,15-18,20-28,34,39,45H,4,7,14,19H2,1-2H3/b15-12-. The molecule has 0 spiro atoms. The summed E-state index contributed by atoms with van der Waals surface area (Å²) in [6, 6.07) is 26.6. The molecule has 1 N–H and O–H groups in total. The van der Waals surface area contributed by atoms with E-state index in [4.69, 9.17) is 9.40 Å². The minimum atomic E-state index is -0.162. The maximum absolute atomic E-state index is 6.57. The number of nitrogens with zero attached hydrogens (tertiary/aromatic N) is 2. The predicted octanol–water partition coefficient (Wildman–Crippen LogP) is 10.5. The quantitative estimate of drug-likeness (QED) is 0.246. The van der Waals surface area contributed by atoms with Gasteiger partial charge in [-0.15, -0.1) is 0 Å². The first-order chi connectivity index (χ1) is 23.5. The molecular weight excluding hydrogens is 587 g/mol. The first-order valence-corrected chi connectivity index (χ1v) is 17.2. The van der Waals surface area contributed by atoms with Gasteiger partial charge in [0.05, 0.1) is 23.1 Å². The Hall–Kier alpha value is -5.19. The Morgan fingerprint density at radius 2 is 1.71 bits per heavy atom. The van der Waals surface area contributed by atoms with E-state index in [1.165, 1.54) is 56.0 Å². The second-order valence-electron chi connectivity index (χ2n) is 13.9. The van der Waals surface area contributed by atoms with Crippen molar-refractivity contribution in [1.29, 1.82) is 0 Å². The topological polar surface area (TPSA) is 41.3 Å². The molecule has 4 nitrogen and oxygen atoms in total. The zero-order chi connectivity index (χ0) is 32.2. The van der Waals surface area contributed by atoms with E-state index < -0.39 is 0 Å². The molecule has 9 rings (SSSR count).